The first-order valence-corrected chi connectivity index (χ1v) is 8.03. The third kappa shape index (κ3) is 2.77. The summed E-state index contributed by atoms with van der Waals surface area (Å²) in [5.41, 5.74) is 2.99. The summed E-state index contributed by atoms with van der Waals surface area (Å²) in [6.07, 6.45) is 0. The van der Waals surface area contributed by atoms with Crippen molar-refractivity contribution in [3.05, 3.63) is 108 Å². The molecule has 3 aromatic carbocycles. The lowest BCUT2D eigenvalue weighted by atomic mass is 9.84. The fraction of sp³-hybridized carbons (Fsp3) is 0.100. The number of rotatable bonds is 4. The van der Waals surface area contributed by atoms with E-state index >= 15 is 0 Å². The van der Waals surface area contributed by atoms with Gasteiger partial charge >= 0.3 is 0 Å². The summed E-state index contributed by atoms with van der Waals surface area (Å²) < 4.78 is 0. The van der Waals surface area contributed by atoms with E-state index in [-0.39, 0.29) is 5.38 Å². The fourth-order valence-corrected chi connectivity index (χ4v) is 3.45. The molecule has 0 N–H and O–H groups in total. The zero-order valence-electron chi connectivity index (χ0n) is 12.0. The average Bonchev–Trinajstić information content (AvgIpc) is 2.62. The molecule has 1 atom stereocenters. The van der Waals surface area contributed by atoms with Crippen LogP contribution in [-0.4, -0.2) is 0 Å². The number of hydrogen-bond acceptors (Lipinski definition) is 0. The molecule has 2 heteroatoms. The molecule has 0 saturated heterocycles. The van der Waals surface area contributed by atoms with Crippen LogP contribution in [0, 0.1) is 0 Å². The minimum atomic E-state index is -0.814. The molecule has 0 bridgehead atoms. The van der Waals surface area contributed by atoms with Gasteiger partial charge in [-0.2, -0.15) is 0 Å². The molecule has 0 aliphatic heterocycles. The van der Waals surface area contributed by atoms with Crippen molar-refractivity contribution >= 4 is 23.2 Å². The Morgan fingerprint density at radius 1 is 0.591 bits per heavy atom. The molecule has 1 unspecified atom stereocenters. The van der Waals surface area contributed by atoms with Crippen molar-refractivity contribution in [3.63, 3.8) is 0 Å². The Bertz CT molecular complexity index is 669. The van der Waals surface area contributed by atoms with E-state index in [1.807, 2.05) is 91.0 Å². The van der Waals surface area contributed by atoms with Gasteiger partial charge in [0.25, 0.3) is 0 Å². The first kappa shape index (κ1) is 15.1. The zero-order valence-corrected chi connectivity index (χ0v) is 13.5. The van der Waals surface area contributed by atoms with Crippen LogP contribution in [0.3, 0.4) is 0 Å². The van der Waals surface area contributed by atoms with Crippen LogP contribution < -0.4 is 0 Å². The average molecular weight is 327 g/mol. The Morgan fingerprint density at radius 2 is 0.955 bits per heavy atom. The minimum absolute atomic E-state index is 0.375. The van der Waals surface area contributed by atoms with Gasteiger partial charge in [-0.05, 0) is 16.7 Å². The first-order chi connectivity index (χ1) is 10.7. The fourth-order valence-electron chi connectivity index (χ4n) is 2.67. The molecule has 3 aromatic rings. The van der Waals surface area contributed by atoms with Gasteiger partial charge in [-0.25, -0.2) is 0 Å². The van der Waals surface area contributed by atoms with E-state index in [1.165, 1.54) is 0 Å². The zero-order chi connectivity index (χ0) is 15.4. The van der Waals surface area contributed by atoms with Crippen molar-refractivity contribution in [1.29, 1.82) is 0 Å². The molecular formula is C20H16Cl2. The third-order valence-corrected chi connectivity index (χ3v) is 5.17. The minimum Gasteiger partial charge on any atom is -0.115 e. The summed E-state index contributed by atoms with van der Waals surface area (Å²) in [7, 11) is 0. The predicted molar refractivity (Wildman–Crippen MR) is 94.6 cm³/mol. The van der Waals surface area contributed by atoms with E-state index in [9.17, 15) is 0 Å². The van der Waals surface area contributed by atoms with Crippen LogP contribution in [0.5, 0.6) is 0 Å². The molecule has 0 heterocycles. The summed E-state index contributed by atoms with van der Waals surface area (Å²) in [4.78, 5) is -0.814. The van der Waals surface area contributed by atoms with Gasteiger partial charge in [0.1, 0.15) is 4.87 Å². The van der Waals surface area contributed by atoms with Crippen molar-refractivity contribution in [2.45, 2.75) is 10.3 Å². The second kappa shape index (κ2) is 6.56. The largest absolute Gasteiger partial charge is 0.115 e. The van der Waals surface area contributed by atoms with Gasteiger partial charge in [-0.1, -0.05) is 91.0 Å². The van der Waals surface area contributed by atoms with Gasteiger partial charge in [-0.3, -0.25) is 0 Å². The Morgan fingerprint density at radius 3 is 1.36 bits per heavy atom. The SMILES string of the molecule is ClC(c1ccccc1)C(Cl)(c1ccccc1)c1ccccc1. The van der Waals surface area contributed by atoms with E-state index in [0.29, 0.717) is 0 Å². The molecule has 0 nitrogen and oxygen atoms in total. The smallest absolute Gasteiger partial charge is 0.115 e. The quantitative estimate of drug-likeness (QED) is 0.504. The third-order valence-electron chi connectivity index (χ3n) is 3.83. The van der Waals surface area contributed by atoms with Crippen LogP contribution in [0.2, 0.25) is 0 Å². The van der Waals surface area contributed by atoms with Crippen LogP contribution in [0.4, 0.5) is 0 Å². The topological polar surface area (TPSA) is 0 Å². The normalized spacial score (nSPS) is 12.8. The van der Waals surface area contributed by atoms with Crippen molar-refractivity contribution < 1.29 is 0 Å². The van der Waals surface area contributed by atoms with Gasteiger partial charge < -0.3 is 0 Å². The molecular weight excluding hydrogens is 311 g/mol. The molecule has 0 radical (unpaired) electrons. The highest BCUT2D eigenvalue weighted by Crippen LogP contribution is 2.50. The van der Waals surface area contributed by atoms with Gasteiger partial charge in [0.15, 0.2) is 0 Å². The molecule has 0 saturated carbocycles. The lowest BCUT2D eigenvalue weighted by Crippen LogP contribution is -2.26. The Balaban J connectivity index is 2.16. The summed E-state index contributed by atoms with van der Waals surface area (Å²) >= 11 is 14.0. The second-order valence-corrected chi connectivity index (χ2v) is 6.25. The van der Waals surface area contributed by atoms with Gasteiger partial charge in [0.2, 0.25) is 0 Å². The maximum absolute atomic E-state index is 7.14. The monoisotopic (exact) mass is 326 g/mol. The van der Waals surface area contributed by atoms with E-state index < -0.39 is 4.87 Å². The molecule has 0 aliphatic rings. The van der Waals surface area contributed by atoms with Crippen LogP contribution in [0.15, 0.2) is 91.0 Å². The summed E-state index contributed by atoms with van der Waals surface area (Å²) in [5, 5.41) is -0.375. The number of alkyl halides is 2. The highest BCUT2D eigenvalue weighted by Gasteiger charge is 2.40. The first-order valence-electron chi connectivity index (χ1n) is 7.22. The van der Waals surface area contributed by atoms with Crippen molar-refractivity contribution in [3.8, 4) is 0 Å². The lowest BCUT2D eigenvalue weighted by molar-refractivity contribution is 0.694. The van der Waals surface area contributed by atoms with Crippen LogP contribution in [-0.2, 0) is 4.87 Å². The predicted octanol–water partition coefficient (Wildman–Crippen LogP) is 6.15. The Kier molecular flexibility index (Phi) is 4.52. The molecule has 0 spiro atoms. The van der Waals surface area contributed by atoms with Crippen molar-refractivity contribution in [2.75, 3.05) is 0 Å². The van der Waals surface area contributed by atoms with E-state index in [0.717, 1.165) is 16.7 Å². The molecule has 0 amide bonds. The van der Waals surface area contributed by atoms with Crippen LogP contribution in [0.1, 0.15) is 22.1 Å². The number of halogens is 2. The van der Waals surface area contributed by atoms with E-state index in [1.54, 1.807) is 0 Å². The molecule has 0 aromatic heterocycles. The molecule has 110 valence electrons. The summed E-state index contributed by atoms with van der Waals surface area (Å²) in [5.74, 6) is 0. The highest BCUT2D eigenvalue weighted by atomic mass is 35.5. The Hall–Kier alpha value is -1.76. The van der Waals surface area contributed by atoms with Gasteiger partial charge in [-0.15, -0.1) is 23.2 Å². The standard InChI is InChI=1S/C20H16Cl2/c21-19(16-10-4-1-5-11-16)20(22,17-12-6-2-7-13-17)18-14-8-3-9-15-18/h1-15,19H. The maximum Gasteiger partial charge on any atom is 0.115 e. The maximum atomic E-state index is 7.14. The number of hydrogen-bond donors (Lipinski definition) is 0. The van der Waals surface area contributed by atoms with Crippen LogP contribution in [0.25, 0.3) is 0 Å². The highest BCUT2D eigenvalue weighted by molar-refractivity contribution is 6.34. The molecule has 22 heavy (non-hydrogen) atoms. The summed E-state index contributed by atoms with van der Waals surface area (Å²) in [6.45, 7) is 0. The van der Waals surface area contributed by atoms with E-state index in [2.05, 4.69) is 0 Å². The summed E-state index contributed by atoms with van der Waals surface area (Å²) in [6, 6.07) is 30.0. The molecule has 0 aliphatic carbocycles. The Labute approximate surface area is 141 Å². The van der Waals surface area contributed by atoms with Gasteiger partial charge in [0.05, 0.1) is 5.38 Å². The van der Waals surface area contributed by atoms with Crippen LogP contribution >= 0.6 is 23.2 Å². The molecule has 0 fully saturated rings. The second-order valence-electron chi connectivity index (χ2n) is 5.22. The van der Waals surface area contributed by atoms with Crippen molar-refractivity contribution in [2.24, 2.45) is 0 Å². The molecule has 3 rings (SSSR count). The van der Waals surface area contributed by atoms with E-state index in [4.69, 9.17) is 23.2 Å². The lowest BCUT2D eigenvalue weighted by Gasteiger charge is -2.33. The van der Waals surface area contributed by atoms with Crippen molar-refractivity contribution in [1.82, 2.24) is 0 Å². The number of benzene rings is 3. The van der Waals surface area contributed by atoms with Gasteiger partial charge in [0, 0.05) is 0 Å².